The number of nitrogens with zero attached hydrogens (tertiary/aromatic N) is 3. The molecule has 16 heavy (non-hydrogen) atoms. The summed E-state index contributed by atoms with van der Waals surface area (Å²) in [6, 6.07) is 0. The van der Waals surface area contributed by atoms with E-state index in [1.165, 1.54) is 0 Å². The van der Waals surface area contributed by atoms with Crippen LogP contribution in [0.4, 0.5) is 0 Å². The summed E-state index contributed by atoms with van der Waals surface area (Å²) < 4.78 is 7.25. The molecule has 1 rings (SSSR count). The van der Waals surface area contributed by atoms with Crippen molar-refractivity contribution in [2.24, 2.45) is 7.05 Å². The molecule has 0 aliphatic carbocycles. The molecule has 1 heterocycles. The van der Waals surface area contributed by atoms with Gasteiger partial charge in [-0.3, -0.25) is 4.68 Å². The molecule has 0 aromatic carbocycles. The number of unbranched alkanes of at least 4 members (excludes halogenated alkanes) is 1. The highest BCUT2D eigenvalue weighted by Gasteiger charge is 1.98. The van der Waals surface area contributed by atoms with Gasteiger partial charge in [0, 0.05) is 20.2 Å². The molecule has 0 spiro atoms. The van der Waals surface area contributed by atoms with Crippen LogP contribution in [-0.2, 0) is 18.3 Å². The third kappa shape index (κ3) is 5.23. The van der Waals surface area contributed by atoms with Gasteiger partial charge in [-0.05, 0) is 33.2 Å². The predicted octanol–water partition coefficient (Wildman–Crippen LogP) is 1.11. The summed E-state index contributed by atoms with van der Waals surface area (Å²) in [5.41, 5.74) is 1.11. The summed E-state index contributed by atoms with van der Waals surface area (Å²) in [7, 11) is 1.90. The van der Waals surface area contributed by atoms with E-state index in [1.807, 2.05) is 7.05 Å². The van der Waals surface area contributed by atoms with Gasteiger partial charge in [0.2, 0.25) is 0 Å². The molecule has 0 saturated heterocycles. The third-order valence-electron chi connectivity index (χ3n) is 2.31. The van der Waals surface area contributed by atoms with E-state index in [0.29, 0.717) is 6.10 Å². The Morgan fingerprint density at radius 2 is 2.25 bits per heavy atom. The van der Waals surface area contributed by atoms with Crippen LogP contribution in [-0.4, -0.2) is 34.2 Å². The molecule has 0 fully saturated rings. The molecule has 5 heteroatoms. The minimum Gasteiger partial charge on any atom is -0.379 e. The Labute approximate surface area is 97.2 Å². The average molecular weight is 226 g/mol. The molecule has 0 bridgehead atoms. The minimum atomic E-state index is 0.341. The SMILES string of the molecule is CC(C)OCCCCNCc1cnnn1C. The fourth-order valence-corrected chi connectivity index (χ4v) is 1.36. The Hall–Kier alpha value is -0.940. The maximum atomic E-state index is 5.46. The Balaban J connectivity index is 1.94. The fourth-order valence-electron chi connectivity index (χ4n) is 1.36. The topological polar surface area (TPSA) is 52.0 Å². The third-order valence-corrected chi connectivity index (χ3v) is 2.31. The molecule has 1 aromatic heterocycles. The zero-order valence-electron chi connectivity index (χ0n) is 10.4. The normalized spacial score (nSPS) is 11.2. The summed E-state index contributed by atoms with van der Waals surface area (Å²) in [6.07, 6.45) is 4.37. The van der Waals surface area contributed by atoms with Crippen LogP contribution in [0.15, 0.2) is 6.20 Å². The van der Waals surface area contributed by atoms with E-state index in [4.69, 9.17) is 4.74 Å². The lowest BCUT2D eigenvalue weighted by molar-refractivity contribution is 0.0760. The van der Waals surface area contributed by atoms with E-state index in [2.05, 4.69) is 29.5 Å². The molecule has 0 atom stereocenters. The lowest BCUT2D eigenvalue weighted by atomic mass is 10.3. The highest BCUT2D eigenvalue weighted by atomic mass is 16.5. The van der Waals surface area contributed by atoms with E-state index in [1.54, 1.807) is 10.9 Å². The average Bonchev–Trinajstić information content (AvgIpc) is 2.62. The van der Waals surface area contributed by atoms with Gasteiger partial charge in [-0.25, -0.2) is 0 Å². The first-order valence-corrected chi connectivity index (χ1v) is 5.86. The van der Waals surface area contributed by atoms with Crippen molar-refractivity contribution in [3.8, 4) is 0 Å². The monoisotopic (exact) mass is 226 g/mol. The van der Waals surface area contributed by atoms with Crippen LogP contribution in [0, 0.1) is 0 Å². The van der Waals surface area contributed by atoms with Crippen LogP contribution >= 0.6 is 0 Å². The summed E-state index contributed by atoms with van der Waals surface area (Å²) in [5.74, 6) is 0. The van der Waals surface area contributed by atoms with Crippen molar-refractivity contribution in [2.75, 3.05) is 13.2 Å². The van der Waals surface area contributed by atoms with Crippen molar-refractivity contribution in [1.82, 2.24) is 20.3 Å². The Morgan fingerprint density at radius 3 is 2.88 bits per heavy atom. The molecule has 1 N–H and O–H groups in total. The summed E-state index contributed by atoms with van der Waals surface area (Å²) in [4.78, 5) is 0. The number of ether oxygens (including phenoxy) is 1. The quantitative estimate of drug-likeness (QED) is 0.675. The molecule has 0 radical (unpaired) electrons. The van der Waals surface area contributed by atoms with Crippen LogP contribution in [0.3, 0.4) is 0 Å². The van der Waals surface area contributed by atoms with Crippen molar-refractivity contribution >= 4 is 0 Å². The highest BCUT2D eigenvalue weighted by molar-refractivity contribution is 4.91. The van der Waals surface area contributed by atoms with E-state index >= 15 is 0 Å². The first kappa shape index (κ1) is 13.1. The molecule has 0 aliphatic rings. The molecule has 0 unspecified atom stereocenters. The first-order valence-electron chi connectivity index (χ1n) is 5.86. The highest BCUT2D eigenvalue weighted by Crippen LogP contribution is 1.95. The van der Waals surface area contributed by atoms with Crippen molar-refractivity contribution in [3.05, 3.63) is 11.9 Å². The fraction of sp³-hybridized carbons (Fsp3) is 0.818. The molecular formula is C11H22N4O. The van der Waals surface area contributed by atoms with Crippen molar-refractivity contribution in [2.45, 2.75) is 39.3 Å². The van der Waals surface area contributed by atoms with Crippen LogP contribution < -0.4 is 5.32 Å². The lowest BCUT2D eigenvalue weighted by Crippen LogP contribution is -2.17. The van der Waals surface area contributed by atoms with Crippen molar-refractivity contribution in [1.29, 1.82) is 0 Å². The van der Waals surface area contributed by atoms with Gasteiger partial charge < -0.3 is 10.1 Å². The van der Waals surface area contributed by atoms with E-state index < -0.39 is 0 Å². The minimum absolute atomic E-state index is 0.341. The second kappa shape index (κ2) is 7.35. The largest absolute Gasteiger partial charge is 0.379 e. The molecular weight excluding hydrogens is 204 g/mol. The summed E-state index contributed by atoms with van der Waals surface area (Å²) in [5, 5.41) is 11.1. The number of aromatic nitrogens is 3. The van der Waals surface area contributed by atoms with Gasteiger partial charge in [0.15, 0.2) is 0 Å². The lowest BCUT2D eigenvalue weighted by Gasteiger charge is -2.07. The van der Waals surface area contributed by atoms with Gasteiger partial charge in [0.05, 0.1) is 18.0 Å². The number of nitrogens with one attached hydrogen (secondary N) is 1. The second-order valence-electron chi connectivity index (χ2n) is 4.15. The Kier molecular flexibility index (Phi) is 6.03. The number of hydrogen-bond acceptors (Lipinski definition) is 4. The van der Waals surface area contributed by atoms with Crippen LogP contribution in [0.5, 0.6) is 0 Å². The molecule has 1 aromatic rings. The summed E-state index contributed by atoms with van der Waals surface area (Å²) >= 11 is 0. The van der Waals surface area contributed by atoms with E-state index in [0.717, 1.165) is 38.2 Å². The van der Waals surface area contributed by atoms with Crippen LogP contribution in [0.25, 0.3) is 0 Å². The van der Waals surface area contributed by atoms with Gasteiger partial charge in [0.1, 0.15) is 0 Å². The second-order valence-corrected chi connectivity index (χ2v) is 4.15. The molecule has 5 nitrogen and oxygen atoms in total. The van der Waals surface area contributed by atoms with Gasteiger partial charge in [-0.2, -0.15) is 0 Å². The maximum absolute atomic E-state index is 5.46. The number of aryl methyl sites for hydroxylation is 1. The Morgan fingerprint density at radius 1 is 1.44 bits per heavy atom. The maximum Gasteiger partial charge on any atom is 0.0738 e. The van der Waals surface area contributed by atoms with Crippen LogP contribution in [0.2, 0.25) is 0 Å². The van der Waals surface area contributed by atoms with E-state index in [9.17, 15) is 0 Å². The number of hydrogen-bond donors (Lipinski definition) is 1. The molecule has 0 aliphatic heterocycles. The molecule has 0 amide bonds. The van der Waals surface area contributed by atoms with Gasteiger partial charge in [-0.1, -0.05) is 5.21 Å². The molecule has 92 valence electrons. The van der Waals surface area contributed by atoms with Crippen molar-refractivity contribution in [3.63, 3.8) is 0 Å². The van der Waals surface area contributed by atoms with Gasteiger partial charge in [-0.15, -0.1) is 5.10 Å². The van der Waals surface area contributed by atoms with Gasteiger partial charge in [0.25, 0.3) is 0 Å². The van der Waals surface area contributed by atoms with Gasteiger partial charge >= 0.3 is 0 Å². The predicted molar refractivity (Wildman–Crippen MR) is 63.0 cm³/mol. The number of rotatable bonds is 8. The summed E-state index contributed by atoms with van der Waals surface area (Å²) in [6.45, 7) is 6.81. The van der Waals surface area contributed by atoms with Crippen LogP contribution in [0.1, 0.15) is 32.4 Å². The smallest absolute Gasteiger partial charge is 0.0738 e. The van der Waals surface area contributed by atoms with E-state index in [-0.39, 0.29) is 0 Å². The standard InChI is InChI=1S/C11H22N4O/c1-10(2)16-7-5-4-6-12-8-11-9-13-14-15(11)3/h9-10,12H,4-8H2,1-3H3. The Bertz CT molecular complexity index is 285. The zero-order chi connectivity index (χ0) is 11.8. The first-order chi connectivity index (χ1) is 7.70. The molecule has 0 saturated carbocycles. The van der Waals surface area contributed by atoms with Crippen molar-refractivity contribution < 1.29 is 4.74 Å². The zero-order valence-corrected chi connectivity index (χ0v) is 10.4.